The number of hydrogen-bond acceptors (Lipinski definition) is 1. The molecule has 1 unspecified atom stereocenters. The van der Waals surface area contributed by atoms with Crippen molar-refractivity contribution < 1.29 is 5.11 Å². The van der Waals surface area contributed by atoms with Crippen LogP contribution in [-0.4, -0.2) is 11.2 Å². The molecule has 0 bridgehead atoms. The Kier molecular flexibility index (Phi) is 1.91. The third-order valence-electron chi connectivity index (χ3n) is 1.95. The smallest absolute Gasteiger partial charge is 0.0726 e. The number of allylic oxidation sites excluding steroid dienone is 1. The van der Waals surface area contributed by atoms with Crippen molar-refractivity contribution in [1.82, 2.24) is 0 Å². The fourth-order valence-corrected chi connectivity index (χ4v) is 1.20. The van der Waals surface area contributed by atoms with E-state index in [-0.39, 0.29) is 6.10 Å². The molecule has 0 amide bonds. The summed E-state index contributed by atoms with van der Waals surface area (Å²) in [7, 11) is 0. The highest BCUT2D eigenvalue weighted by Gasteiger charge is 2.18. The Balaban J connectivity index is 2.41. The van der Waals surface area contributed by atoms with E-state index in [1.165, 1.54) is 0 Å². The molecule has 0 aromatic rings. The first-order valence-corrected chi connectivity index (χ1v) is 3.56. The van der Waals surface area contributed by atoms with Crippen LogP contribution in [0.15, 0.2) is 12.2 Å². The van der Waals surface area contributed by atoms with Crippen LogP contribution in [-0.2, 0) is 0 Å². The molecule has 1 N–H and O–H groups in total. The average molecular weight is 126 g/mol. The molecule has 1 heteroatoms. The topological polar surface area (TPSA) is 20.2 Å². The van der Waals surface area contributed by atoms with Crippen molar-refractivity contribution in [3.63, 3.8) is 0 Å². The van der Waals surface area contributed by atoms with Crippen molar-refractivity contribution in [1.29, 1.82) is 0 Å². The van der Waals surface area contributed by atoms with Gasteiger partial charge in [-0.05, 0) is 18.3 Å². The number of aliphatic hydroxyl groups excluding tert-OH is 1. The van der Waals surface area contributed by atoms with E-state index < -0.39 is 0 Å². The van der Waals surface area contributed by atoms with Crippen LogP contribution in [0.3, 0.4) is 0 Å². The molecule has 1 aliphatic rings. The van der Waals surface area contributed by atoms with Gasteiger partial charge in [-0.25, -0.2) is 0 Å². The Morgan fingerprint density at radius 2 is 2.11 bits per heavy atom. The Morgan fingerprint density at radius 1 is 1.44 bits per heavy atom. The van der Waals surface area contributed by atoms with E-state index in [4.69, 9.17) is 5.11 Å². The van der Waals surface area contributed by atoms with Gasteiger partial charge in [-0.1, -0.05) is 26.0 Å². The van der Waals surface area contributed by atoms with Gasteiger partial charge in [0, 0.05) is 0 Å². The molecule has 9 heavy (non-hydrogen) atoms. The molecule has 0 saturated carbocycles. The molecular formula is C8H14O. The lowest BCUT2D eigenvalue weighted by Crippen LogP contribution is -2.06. The second-order valence-corrected chi connectivity index (χ2v) is 3.10. The maximum atomic E-state index is 9.06. The van der Waals surface area contributed by atoms with Crippen LogP contribution < -0.4 is 0 Å². The number of rotatable bonds is 1. The molecule has 1 aliphatic carbocycles. The van der Waals surface area contributed by atoms with E-state index in [1.54, 1.807) is 0 Å². The highest BCUT2D eigenvalue weighted by Crippen LogP contribution is 2.24. The summed E-state index contributed by atoms with van der Waals surface area (Å²) in [4.78, 5) is 0. The normalized spacial score (nSPS) is 34.2. The molecule has 0 spiro atoms. The standard InChI is InChI=1S/C8H14O/c1-6(2)7-3-4-8(9)5-7/h3-4,6-9H,5H2,1-2H3/t7-,8?/m1/s1. The monoisotopic (exact) mass is 126 g/mol. The molecule has 0 aliphatic heterocycles. The van der Waals surface area contributed by atoms with Crippen LogP contribution in [0.25, 0.3) is 0 Å². The Bertz CT molecular complexity index is 116. The average Bonchev–Trinajstić information content (AvgIpc) is 2.14. The van der Waals surface area contributed by atoms with Crippen molar-refractivity contribution in [3.8, 4) is 0 Å². The quantitative estimate of drug-likeness (QED) is 0.529. The molecule has 1 rings (SSSR count). The summed E-state index contributed by atoms with van der Waals surface area (Å²) in [6.07, 6.45) is 4.77. The Morgan fingerprint density at radius 3 is 2.33 bits per heavy atom. The van der Waals surface area contributed by atoms with E-state index in [2.05, 4.69) is 19.9 Å². The maximum absolute atomic E-state index is 9.06. The van der Waals surface area contributed by atoms with Crippen molar-refractivity contribution in [2.75, 3.05) is 0 Å². The lowest BCUT2D eigenvalue weighted by molar-refractivity contribution is 0.200. The molecule has 52 valence electrons. The van der Waals surface area contributed by atoms with E-state index in [0.717, 1.165) is 6.42 Å². The maximum Gasteiger partial charge on any atom is 0.0726 e. The molecule has 1 nitrogen and oxygen atoms in total. The van der Waals surface area contributed by atoms with Gasteiger partial charge < -0.3 is 5.11 Å². The van der Waals surface area contributed by atoms with Crippen molar-refractivity contribution >= 4 is 0 Å². The summed E-state index contributed by atoms with van der Waals surface area (Å²) in [5, 5.41) is 9.06. The van der Waals surface area contributed by atoms with E-state index >= 15 is 0 Å². The molecular weight excluding hydrogens is 112 g/mol. The third-order valence-corrected chi connectivity index (χ3v) is 1.95. The summed E-state index contributed by atoms with van der Waals surface area (Å²) in [5.74, 6) is 1.29. The van der Waals surface area contributed by atoms with Crippen LogP contribution in [0.5, 0.6) is 0 Å². The predicted molar refractivity (Wildman–Crippen MR) is 38.1 cm³/mol. The first kappa shape index (κ1) is 6.81. The zero-order chi connectivity index (χ0) is 6.85. The number of aliphatic hydroxyl groups is 1. The van der Waals surface area contributed by atoms with Crippen molar-refractivity contribution in [2.45, 2.75) is 26.4 Å². The zero-order valence-electron chi connectivity index (χ0n) is 6.04. The first-order chi connectivity index (χ1) is 4.20. The minimum atomic E-state index is -0.169. The summed E-state index contributed by atoms with van der Waals surface area (Å²) >= 11 is 0. The van der Waals surface area contributed by atoms with Gasteiger partial charge in [0.1, 0.15) is 0 Å². The minimum absolute atomic E-state index is 0.169. The second-order valence-electron chi connectivity index (χ2n) is 3.10. The number of hydrogen-bond donors (Lipinski definition) is 1. The van der Waals surface area contributed by atoms with E-state index in [1.807, 2.05) is 6.08 Å². The Labute approximate surface area is 56.4 Å². The van der Waals surface area contributed by atoms with Gasteiger partial charge >= 0.3 is 0 Å². The van der Waals surface area contributed by atoms with Crippen molar-refractivity contribution in [2.24, 2.45) is 11.8 Å². The van der Waals surface area contributed by atoms with Crippen LogP contribution >= 0.6 is 0 Å². The second kappa shape index (κ2) is 2.53. The van der Waals surface area contributed by atoms with E-state index in [9.17, 15) is 0 Å². The van der Waals surface area contributed by atoms with Crippen molar-refractivity contribution in [3.05, 3.63) is 12.2 Å². The Hall–Kier alpha value is -0.300. The fourth-order valence-electron chi connectivity index (χ4n) is 1.20. The lowest BCUT2D eigenvalue weighted by atomic mass is 9.95. The minimum Gasteiger partial charge on any atom is -0.389 e. The zero-order valence-corrected chi connectivity index (χ0v) is 6.04. The van der Waals surface area contributed by atoms with Crippen LogP contribution in [0.2, 0.25) is 0 Å². The van der Waals surface area contributed by atoms with Gasteiger partial charge in [0.25, 0.3) is 0 Å². The highest BCUT2D eigenvalue weighted by atomic mass is 16.3. The third kappa shape index (κ3) is 1.55. The largest absolute Gasteiger partial charge is 0.389 e. The summed E-state index contributed by atoms with van der Waals surface area (Å²) in [5.41, 5.74) is 0. The SMILES string of the molecule is CC(C)[C@@H]1C=CC(O)C1. The molecule has 0 heterocycles. The van der Waals surface area contributed by atoms with Gasteiger partial charge in [-0.15, -0.1) is 0 Å². The first-order valence-electron chi connectivity index (χ1n) is 3.56. The molecule has 0 aromatic carbocycles. The van der Waals surface area contributed by atoms with Gasteiger partial charge in [0.2, 0.25) is 0 Å². The van der Waals surface area contributed by atoms with Crippen LogP contribution in [0.1, 0.15) is 20.3 Å². The molecule has 0 saturated heterocycles. The van der Waals surface area contributed by atoms with Crippen LogP contribution in [0.4, 0.5) is 0 Å². The molecule has 2 atom stereocenters. The lowest BCUT2D eigenvalue weighted by Gasteiger charge is -2.11. The molecule has 0 radical (unpaired) electrons. The van der Waals surface area contributed by atoms with E-state index in [0.29, 0.717) is 11.8 Å². The molecule has 0 fully saturated rings. The fraction of sp³-hybridized carbons (Fsp3) is 0.750. The van der Waals surface area contributed by atoms with Gasteiger partial charge in [0.15, 0.2) is 0 Å². The van der Waals surface area contributed by atoms with Gasteiger partial charge in [-0.3, -0.25) is 0 Å². The predicted octanol–water partition coefficient (Wildman–Crippen LogP) is 1.58. The van der Waals surface area contributed by atoms with Crippen LogP contribution in [0, 0.1) is 11.8 Å². The summed E-state index contributed by atoms with van der Waals surface area (Å²) in [6.45, 7) is 4.38. The van der Waals surface area contributed by atoms with Gasteiger partial charge in [-0.2, -0.15) is 0 Å². The summed E-state index contributed by atoms with van der Waals surface area (Å²) < 4.78 is 0. The molecule has 0 aromatic heterocycles. The summed E-state index contributed by atoms with van der Waals surface area (Å²) in [6, 6.07) is 0. The van der Waals surface area contributed by atoms with Gasteiger partial charge in [0.05, 0.1) is 6.10 Å². The highest BCUT2D eigenvalue weighted by molar-refractivity contribution is 5.03.